The third kappa shape index (κ3) is 10.1. The molecule has 16 nitrogen and oxygen atoms in total. The average molecular weight is 1060 g/mol. The van der Waals surface area contributed by atoms with Gasteiger partial charge in [-0.3, -0.25) is 4.79 Å². The summed E-state index contributed by atoms with van der Waals surface area (Å²) in [5, 5.41) is 7.12. The molecule has 4 aliphatic heterocycles. The Kier molecular flexibility index (Phi) is 14.7. The van der Waals surface area contributed by atoms with Gasteiger partial charge in [0.15, 0.2) is 18.3 Å². The van der Waals surface area contributed by atoms with Crippen LogP contribution in [0.5, 0.6) is 0 Å². The van der Waals surface area contributed by atoms with Crippen LogP contribution in [-0.2, 0) is 69.6 Å². The molecule has 10 rings (SSSR count). The number of halogens is 2. The first-order valence-corrected chi connectivity index (χ1v) is 28.3. The molecule has 0 N–H and O–H groups in total. The molecule has 20 heteroatoms. The van der Waals surface area contributed by atoms with Crippen LogP contribution < -0.4 is 0 Å². The van der Waals surface area contributed by atoms with Crippen molar-refractivity contribution in [1.29, 1.82) is 0 Å². The van der Waals surface area contributed by atoms with E-state index in [1.807, 2.05) is 74.5 Å². The fraction of sp³-hybridized carbons (Fsp3) is 0.463. The Morgan fingerprint density at radius 1 is 0.676 bits per heavy atom. The number of benzene rings is 4. The first kappa shape index (κ1) is 51.7. The van der Waals surface area contributed by atoms with Gasteiger partial charge in [0.2, 0.25) is 25.9 Å². The molecule has 4 aliphatic rings. The fourth-order valence-electron chi connectivity index (χ4n) is 11.4. The maximum absolute atomic E-state index is 16.4. The van der Waals surface area contributed by atoms with Crippen LogP contribution in [0.25, 0.3) is 0 Å². The summed E-state index contributed by atoms with van der Waals surface area (Å²) >= 11 is 0. The Balaban J connectivity index is 0.813. The number of sulfonamides is 2. The molecular weight excluding hydrogens is 995 g/mol. The van der Waals surface area contributed by atoms with Crippen molar-refractivity contribution in [3.8, 4) is 0 Å². The molecule has 0 amide bonds. The van der Waals surface area contributed by atoms with Gasteiger partial charge in [0.25, 0.3) is 5.89 Å². The second kappa shape index (κ2) is 21.1. The molecule has 392 valence electrons. The van der Waals surface area contributed by atoms with E-state index in [4.69, 9.17) is 23.3 Å². The Morgan fingerprint density at radius 3 is 1.72 bits per heavy atom. The van der Waals surface area contributed by atoms with Crippen molar-refractivity contribution >= 4 is 26.0 Å². The number of carbonyl (C=O) groups excluding carboxylic acids is 1. The van der Waals surface area contributed by atoms with Crippen LogP contribution in [0.2, 0.25) is 0 Å². The predicted octanol–water partition coefficient (Wildman–Crippen LogP) is 8.85. The molecular formula is C54H60F2N6O10S2. The number of hydrogen-bond donors (Lipinski definition) is 0. The molecule has 0 spiro atoms. The molecule has 0 aliphatic carbocycles. The lowest BCUT2D eigenvalue weighted by Crippen LogP contribution is -2.45. The van der Waals surface area contributed by atoms with Gasteiger partial charge in [-0.05, 0) is 99.6 Å². The molecule has 0 radical (unpaired) electrons. The maximum Gasteiger partial charge on any atom is 0.308 e. The van der Waals surface area contributed by atoms with E-state index >= 15 is 8.78 Å². The van der Waals surface area contributed by atoms with Gasteiger partial charge in [0.05, 0.1) is 23.4 Å². The van der Waals surface area contributed by atoms with Crippen molar-refractivity contribution in [2.75, 3.05) is 19.8 Å². The Labute approximate surface area is 429 Å². The second-order valence-electron chi connectivity index (χ2n) is 20.2. The average Bonchev–Trinajstić information content (AvgIpc) is 4.07. The molecule has 6 atom stereocenters. The minimum Gasteiger partial charge on any atom is -0.455 e. The van der Waals surface area contributed by atoms with Gasteiger partial charge in [-0.1, -0.05) is 95.2 Å². The third-order valence-corrected chi connectivity index (χ3v) is 20.4. The number of nitrogens with zero attached hydrogens (tertiary/aromatic N) is 6. The van der Waals surface area contributed by atoms with Crippen LogP contribution in [0.1, 0.15) is 139 Å². The van der Waals surface area contributed by atoms with Crippen molar-refractivity contribution in [2.45, 2.75) is 138 Å². The number of aromatic nitrogens is 4. The first-order chi connectivity index (χ1) is 35.6. The molecule has 4 saturated heterocycles. The monoisotopic (exact) mass is 1050 g/mol. The summed E-state index contributed by atoms with van der Waals surface area (Å²) in [4.78, 5) is 22.8. The molecule has 6 heterocycles. The molecule has 0 bridgehead atoms. The largest absolute Gasteiger partial charge is 0.455 e. The number of aryl methyl sites for hydroxylation is 1. The first-order valence-electron chi connectivity index (χ1n) is 25.3. The van der Waals surface area contributed by atoms with E-state index in [1.54, 1.807) is 31.2 Å². The molecule has 4 fully saturated rings. The molecule has 0 saturated carbocycles. The Morgan fingerprint density at radius 2 is 1.19 bits per heavy atom. The lowest BCUT2D eigenvalue weighted by Gasteiger charge is -2.39. The van der Waals surface area contributed by atoms with Crippen LogP contribution in [0.4, 0.5) is 8.78 Å². The summed E-state index contributed by atoms with van der Waals surface area (Å²) in [5.41, 5.74) is 1.04. The number of hydrogen-bond acceptors (Lipinski definition) is 14. The van der Waals surface area contributed by atoms with Crippen molar-refractivity contribution in [3.05, 3.63) is 166 Å². The van der Waals surface area contributed by atoms with Gasteiger partial charge in [-0.2, -0.15) is 18.6 Å². The number of carbonyl (C=O) groups is 1. The molecule has 2 aromatic heterocycles. The van der Waals surface area contributed by atoms with Crippen molar-refractivity contribution in [1.82, 2.24) is 28.9 Å². The van der Waals surface area contributed by atoms with Crippen molar-refractivity contribution in [2.24, 2.45) is 0 Å². The van der Waals surface area contributed by atoms with Gasteiger partial charge in [-0.15, -0.1) is 0 Å². The SMILES string of the molecule is Cc1nc(C2(c3ccc(CN4[C@@H](C)CC[C@H](c5ccccc5)S4(=O)=O)c(F)c3)CCOC(CC(=O)OCc3nc(C4(c5ccc(CN6[C@@H](C)CC[C@H](c7ccccc7)S6(=O)=O)c(F)c5)CCOCC4)no3)C2)no1. The molecule has 6 aromatic rings. The lowest BCUT2D eigenvalue weighted by molar-refractivity contribution is -0.150. The highest BCUT2D eigenvalue weighted by Gasteiger charge is 2.47. The van der Waals surface area contributed by atoms with E-state index in [2.05, 4.69) is 20.3 Å². The highest BCUT2D eigenvalue weighted by atomic mass is 32.2. The van der Waals surface area contributed by atoms with E-state index in [9.17, 15) is 21.6 Å². The molecule has 74 heavy (non-hydrogen) atoms. The quantitative estimate of drug-likeness (QED) is 0.0938. The van der Waals surface area contributed by atoms with Gasteiger partial charge < -0.3 is 23.3 Å². The van der Waals surface area contributed by atoms with Crippen LogP contribution in [0.3, 0.4) is 0 Å². The van der Waals surface area contributed by atoms with Crippen LogP contribution in [0, 0.1) is 18.6 Å². The predicted molar refractivity (Wildman–Crippen MR) is 266 cm³/mol. The smallest absolute Gasteiger partial charge is 0.308 e. The second-order valence-corrected chi connectivity index (χ2v) is 24.3. The van der Waals surface area contributed by atoms with Crippen LogP contribution in [0.15, 0.2) is 106 Å². The summed E-state index contributed by atoms with van der Waals surface area (Å²) in [5.74, 6) is -0.869. The summed E-state index contributed by atoms with van der Waals surface area (Å²) in [6.07, 6.45) is 2.64. The summed E-state index contributed by atoms with van der Waals surface area (Å²) in [7, 11) is -7.61. The highest BCUT2D eigenvalue weighted by molar-refractivity contribution is 7.89. The third-order valence-electron chi connectivity index (χ3n) is 15.7. The fourth-order valence-corrected chi connectivity index (χ4v) is 15.8. The van der Waals surface area contributed by atoms with Gasteiger partial charge in [0.1, 0.15) is 22.1 Å². The number of ether oxygens (including phenoxy) is 3. The van der Waals surface area contributed by atoms with E-state index < -0.39 is 65.1 Å². The summed E-state index contributed by atoms with van der Waals surface area (Å²) in [6.45, 7) is 5.58. The van der Waals surface area contributed by atoms with Gasteiger partial charge in [-0.25, -0.2) is 25.6 Å². The Hall–Kier alpha value is -5.77. The number of rotatable bonds is 14. The van der Waals surface area contributed by atoms with E-state index in [1.165, 1.54) is 20.7 Å². The van der Waals surface area contributed by atoms with E-state index in [0.717, 1.165) is 0 Å². The van der Waals surface area contributed by atoms with Crippen molar-refractivity contribution < 1.29 is 53.7 Å². The van der Waals surface area contributed by atoms with E-state index in [-0.39, 0.29) is 74.1 Å². The highest BCUT2D eigenvalue weighted by Crippen LogP contribution is 2.45. The van der Waals surface area contributed by atoms with Gasteiger partial charge >= 0.3 is 5.97 Å². The topological polar surface area (TPSA) is 197 Å². The lowest BCUT2D eigenvalue weighted by atomic mass is 9.71. The van der Waals surface area contributed by atoms with E-state index in [0.29, 0.717) is 92.1 Å². The zero-order chi connectivity index (χ0) is 51.8. The Bertz CT molecular complexity index is 3190. The maximum atomic E-state index is 16.4. The normalized spacial score (nSPS) is 26.1. The number of esters is 1. The zero-order valence-corrected chi connectivity index (χ0v) is 43.2. The minimum atomic E-state index is -3.81. The van der Waals surface area contributed by atoms with Crippen molar-refractivity contribution in [3.63, 3.8) is 0 Å². The standard InChI is InChI=1S/C54H60F2N6O10S2/c1-35-14-20-47(38-10-6-4-7-11-38)73(64,65)61(35)32-40-16-18-42(28-45(40)55)53(22-25-68-26-23-53)51-58-49(72-60-51)34-70-50(63)30-44-31-54(24-27-69-44,52-57-37(3)71-59-52)43-19-17-41(46(56)29-43)33-62-36(2)15-21-48(74(62,66)67)39-12-8-5-9-13-39/h4-13,16-19,28-29,35-36,44,47-48H,14-15,20-27,30-34H2,1-3H3/t35-,36-,44?,47+,48+,54?/m0/s1. The summed E-state index contributed by atoms with van der Waals surface area (Å²) in [6, 6.07) is 27.1. The minimum absolute atomic E-state index is 0.0210. The molecule has 4 aromatic carbocycles. The molecule has 2 unspecified atom stereocenters. The summed E-state index contributed by atoms with van der Waals surface area (Å²) < 4.78 is 120. The van der Waals surface area contributed by atoms with Gasteiger partial charge in [0, 0.05) is 63.0 Å². The zero-order valence-electron chi connectivity index (χ0n) is 41.6. The van der Waals surface area contributed by atoms with Crippen LogP contribution in [-0.4, -0.2) is 89.7 Å². The van der Waals surface area contributed by atoms with Crippen LogP contribution >= 0.6 is 0 Å².